The third-order valence-electron chi connectivity index (χ3n) is 5.97. The highest BCUT2D eigenvalue weighted by molar-refractivity contribution is 5.48. The zero-order valence-electron chi connectivity index (χ0n) is 17.3. The van der Waals surface area contributed by atoms with Crippen molar-refractivity contribution in [2.45, 2.75) is 37.5 Å². The standard InChI is InChI=1S/C27H29NO2/c1-19(28)6-5-17-30-24-13-9-21(10-14-24)27-25(20-7-3-2-4-8-20)15-11-22-18-23(29)12-16-26(22)27/h2-4,7-10,12-14,16,18,25,27,29H,1,5-6,11,15,17,28H2/t25-,27+/m1/s1. The van der Waals surface area contributed by atoms with E-state index in [1.54, 1.807) is 0 Å². The monoisotopic (exact) mass is 399 g/mol. The fourth-order valence-corrected chi connectivity index (χ4v) is 4.54. The Labute approximate surface area is 178 Å². The van der Waals surface area contributed by atoms with Gasteiger partial charge in [0.1, 0.15) is 11.5 Å². The number of aryl methyl sites for hydroxylation is 1. The Morgan fingerprint density at radius 2 is 1.77 bits per heavy atom. The quantitative estimate of drug-likeness (QED) is 0.487. The number of nitrogens with two attached hydrogens (primary N) is 1. The predicted octanol–water partition coefficient (Wildman–Crippen LogP) is 5.89. The highest BCUT2D eigenvalue weighted by Gasteiger charge is 2.32. The van der Waals surface area contributed by atoms with Crippen molar-refractivity contribution in [1.29, 1.82) is 0 Å². The van der Waals surface area contributed by atoms with E-state index in [1.165, 1.54) is 22.3 Å². The van der Waals surface area contributed by atoms with Crippen molar-refractivity contribution in [3.8, 4) is 11.5 Å². The molecule has 3 aromatic carbocycles. The second-order valence-electron chi connectivity index (χ2n) is 8.10. The molecule has 0 aromatic heterocycles. The molecule has 3 aromatic rings. The first-order valence-corrected chi connectivity index (χ1v) is 10.6. The Balaban J connectivity index is 1.61. The summed E-state index contributed by atoms with van der Waals surface area (Å²) in [7, 11) is 0. The minimum Gasteiger partial charge on any atom is -0.508 e. The molecule has 0 radical (unpaired) electrons. The normalized spacial score (nSPS) is 17.9. The summed E-state index contributed by atoms with van der Waals surface area (Å²) >= 11 is 0. The first kappa shape index (κ1) is 20.1. The number of fused-ring (bicyclic) bond motifs is 1. The molecule has 0 bridgehead atoms. The molecule has 0 fully saturated rings. The summed E-state index contributed by atoms with van der Waals surface area (Å²) in [6, 6.07) is 25.1. The number of hydrogen-bond acceptors (Lipinski definition) is 3. The van der Waals surface area contributed by atoms with Crippen LogP contribution in [0.25, 0.3) is 0 Å². The lowest BCUT2D eigenvalue weighted by molar-refractivity contribution is 0.310. The molecular formula is C27H29NO2. The van der Waals surface area contributed by atoms with Gasteiger partial charge in [-0.2, -0.15) is 0 Å². The van der Waals surface area contributed by atoms with Gasteiger partial charge in [-0.15, -0.1) is 0 Å². The smallest absolute Gasteiger partial charge is 0.119 e. The van der Waals surface area contributed by atoms with Gasteiger partial charge < -0.3 is 15.6 Å². The molecule has 30 heavy (non-hydrogen) atoms. The molecule has 0 heterocycles. The summed E-state index contributed by atoms with van der Waals surface area (Å²) in [5, 5.41) is 9.97. The Hall–Kier alpha value is -3.20. The predicted molar refractivity (Wildman–Crippen MR) is 122 cm³/mol. The zero-order chi connectivity index (χ0) is 20.9. The summed E-state index contributed by atoms with van der Waals surface area (Å²) in [6.45, 7) is 4.36. The van der Waals surface area contributed by atoms with Crippen molar-refractivity contribution in [3.05, 3.63) is 107 Å². The van der Waals surface area contributed by atoms with Gasteiger partial charge in [0.2, 0.25) is 0 Å². The molecule has 0 amide bonds. The Morgan fingerprint density at radius 1 is 1.00 bits per heavy atom. The number of phenols is 1. The van der Waals surface area contributed by atoms with E-state index >= 15 is 0 Å². The third kappa shape index (κ3) is 4.51. The topological polar surface area (TPSA) is 55.5 Å². The van der Waals surface area contributed by atoms with Gasteiger partial charge in [-0.1, -0.05) is 55.1 Å². The van der Waals surface area contributed by atoms with Crippen LogP contribution in [0, 0.1) is 0 Å². The average Bonchev–Trinajstić information content (AvgIpc) is 2.77. The lowest BCUT2D eigenvalue weighted by Gasteiger charge is -2.34. The number of hydrogen-bond donors (Lipinski definition) is 2. The molecule has 0 spiro atoms. The highest BCUT2D eigenvalue weighted by atomic mass is 16.5. The molecule has 1 aliphatic carbocycles. The molecule has 2 atom stereocenters. The van der Waals surface area contributed by atoms with Crippen LogP contribution >= 0.6 is 0 Å². The molecule has 4 rings (SSSR count). The van der Waals surface area contributed by atoms with Crippen molar-refractivity contribution < 1.29 is 9.84 Å². The minimum atomic E-state index is 0.256. The van der Waals surface area contributed by atoms with E-state index in [0.717, 1.165) is 31.4 Å². The number of phenolic OH excluding ortho intramolecular Hbond substituents is 1. The molecule has 1 aliphatic rings. The Morgan fingerprint density at radius 3 is 2.50 bits per heavy atom. The fraction of sp³-hybridized carbons (Fsp3) is 0.259. The van der Waals surface area contributed by atoms with Crippen LogP contribution in [0.15, 0.2) is 85.1 Å². The molecular weight excluding hydrogens is 370 g/mol. The molecule has 0 saturated carbocycles. The van der Waals surface area contributed by atoms with E-state index in [9.17, 15) is 5.11 Å². The van der Waals surface area contributed by atoms with Crippen LogP contribution in [-0.4, -0.2) is 11.7 Å². The van der Waals surface area contributed by atoms with Crippen LogP contribution in [0.4, 0.5) is 0 Å². The lowest BCUT2D eigenvalue weighted by atomic mass is 9.69. The van der Waals surface area contributed by atoms with Crippen LogP contribution in [0.5, 0.6) is 11.5 Å². The zero-order valence-corrected chi connectivity index (χ0v) is 17.3. The van der Waals surface area contributed by atoms with Gasteiger partial charge in [-0.25, -0.2) is 0 Å². The van der Waals surface area contributed by atoms with Crippen molar-refractivity contribution >= 4 is 0 Å². The van der Waals surface area contributed by atoms with Gasteiger partial charge >= 0.3 is 0 Å². The van der Waals surface area contributed by atoms with Crippen molar-refractivity contribution in [2.75, 3.05) is 6.61 Å². The summed E-state index contributed by atoms with van der Waals surface area (Å²) in [4.78, 5) is 0. The molecule has 154 valence electrons. The van der Waals surface area contributed by atoms with Crippen molar-refractivity contribution in [2.24, 2.45) is 5.73 Å². The second kappa shape index (κ2) is 9.08. The summed E-state index contributed by atoms with van der Waals surface area (Å²) in [6.07, 6.45) is 3.69. The van der Waals surface area contributed by atoms with E-state index in [2.05, 4.69) is 67.2 Å². The molecule has 0 aliphatic heterocycles. The SMILES string of the molecule is C=C(N)CCCOc1ccc([C@@H]2c3ccc(O)cc3CC[C@@H]2c2ccccc2)cc1. The number of rotatable bonds is 7. The average molecular weight is 400 g/mol. The maximum absolute atomic E-state index is 9.97. The molecule has 0 saturated heterocycles. The van der Waals surface area contributed by atoms with Gasteiger partial charge in [0.25, 0.3) is 0 Å². The van der Waals surface area contributed by atoms with Crippen molar-refractivity contribution in [1.82, 2.24) is 0 Å². The lowest BCUT2D eigenvalue weighted by Crippen LogP contribution is -2.20. The first-order chi connectivity index (χ1) is 14.6. The Kier molecular flexibility index (Phi) is 6.08. The van der Waals surface area contributed by atoms with Gasteiger partial charge in [-0.3, -0.25) is 0 Å². The highest BCUT2D eigenvalue weighted by Crippen LogP contribution is 2.47. The van der Waals surface area contributed by atoms with E-state index in [1.807, 2.05) is 12.1 Å². The van der Waals surface area contributed by atoms with Gasteiger partial charge in [-0.05, 0) is 78.1 Å². The number of allylic oxidation sites excluding steroid dienone is 1. The number of ether oxygens (including phenoxy) is 1. The van der Waals surface area contributed by atoms with Gasteiger partial charge in [0.15, 0.2) is 0 Å². The van der Waals surface area contributed by atoms with Crippen LogP contribution < -0.4 is 10.5 Å². The second-order valence-corrected chi connectivity index (χ2v) is 8.10. The maximum atomic E-state index is 9.97. The van der Waals surface area contributed by atoms with E-state index in [0.29, 0.717) is 24.0 Å². The van der Waals surface area contributed by atoms with Crippen LogP contribution in [-0.2, 0) is 6.42 Å². The molecule has 3 nitrogen and oxygen atoms in total. The van der Waals surface area contributed by atoms with Gasteiger partial charge in [0, 0.05) is 11.6 Å². The summed E-state index contributed by atoms with van der Waals surface area (Å²) in [5.41, 5.74) is 11.5. The molecule has 0 unspecified atom stereocenters. The van der Waals surface area contributed by atoms with Gasteiger partial charge in [0.05, 0.1) is 6.61 Å². The number of aromatic hydroxyl groups is 1. The summed E-state index contributed by atoms with van der Waals surface area (Å²) < 4.78 is 5.87. The van der Waals surface area contributed by atoms with Crippen LogP contribution in [0.1, 0.15) is 53.4 Å². The largest absolute Gasteiger partial charge is 0.508 e. The summed E-state index contributed by atoms with van der Waals surface area (Å²) in [5.74, 6) is 1.88. The van der Waals surface area contributed by atoms with Crippen molar-refractivity contribution in [3.63, 3.8) is 0 Å². The molecule has 3 heteroatoms. The third-order valence-corrected chi connectivity index (χ3v) is 5.97. The first-order valence-electron chi connectivity index (χ1n) is 10.6. The molecule has 3 N–H and O–H groups in total. The number of benzene rings is 3. The van der Waals surface area contributed by atoms with E-state index in [-0.39, 0.29) is 5.92 Å². The van der Waals surface area contributed by atoms with Crippen LogP contribution in [0.2, 0.25) is 0 Å². The minimum absolute atomic E-state index is 0.256. The Bertz CT molecular complexity index is 995. The van der Waals surface area contributed by atoms with Crippen LogP contribution in [0.3, 0.4) is 0 Å². The van der Waals surface area contributed by atoms with E-state index < -0.39 is 0 Å². The maximum Gasteiger partial charge on any atom is 0.119 e. The fourth-order valence-electron chi connectivity index (χ4n) is 4.54. The van der Waals surface area contributed by atoms with E-state index in [4.69, 9.17) is 10.5 Å².